The number of carbonyl (C=O) groups is 1. The monoisotopic (exact) mass is 313 g/mol. The van der Waals surface area contributed by atoms with E-state index < -0.39 is 0 Å². The lowest BCUT2D eigenvalue weighted by molar-refractivity contribution is -0.118. The number of amides is 1. The average Bonchev–Trinajstić information content (AvgIpc) is 2.92. The van der Waals surface area contributed by atoms with E-state index in [1.807, 2.05) is 0 Å². The molecule has 1 aromatic heterocycles. The number of aromatic amines is 2. The lowest BCUT2D eigenvalue weighted by Crippen LogP contribution is -2.20. The van der Waals surface area contributed by atoms with Crippen molar-refractivity contribution in [2.24, 2.45) is 0 Å². The summed E-state index contributed by atoms with van der Waals surface area (Å²) in [5, 5.41) is 2.71. The number of anilines is 1. The minimum atomic E-state index is -0.293. The Kier molecular flexibility index (Phi) is 4.01. The molecule has 0 unspecified atom stereocenters. The van der Waals surface area contributed by atoms with Crippen LogP contribution in [0.4, 0.5) is 5.69 Å². The van der Waals surface area contributed by atoms with Crippen LogP contribution in [-0.2, 0) is 4.79 Å². The van der Waals surface area contributed by atoms with Gasteiger partial charge in [-0.2, -0.15) is 0 Å². The van der Waals surface area contributed by atoms with Gasteiger partial charge in [-0.3, -0.25) is 4.79 Å². The average molecular weight is 313 g/mol. The first-order chi connectivity index (χ1) is 11.1. The number of hydrogen-bond acceptors (Lipinski definition) is 4. The summed E-state index contributed by atoms with van der Waals surface area (Å²) in [7, 11) is 1.58. The molecule has 0 aliphatic rings. The number of carbonyl (C=O) groups excluding carboxylic acids is 1. The van der Waals surface area contributed by atoms with Gasteiger partial charge in [0.2, 0.25) is 0 Å². The molecule has 1 heterocycles. The summed E-state index contributed by atoms with van der Waals surface area (Å²) in [6, 6.07) is 12.1. The fourth-order valence-electron chi connectivity index (χ4n) is 2.13. The molecule has 3 N–H and O–H groups in total. The van der Waals surface area contributed by atoms with Crippen molar-refractivity contribution in [1.82, 2.24) is 9.97 Å². The van der Waals surface area contributed by atoms with Gasteiger partial charge in [-0.25, -0.2) is 4.79 Å². The predicted octanol–water partition coefficient (Wildman–Crippen LogP) is 1.88. The molecule has 7 heteroatoms. The number of rotatable bonds is 5. The van der Waals surface area contributed by atoms with Crippen LogP contribution in [0.2, 0.25) is 0 Å². The van der Waals surface area contributed by atoms with E-state index in [4.69, 9.17) is 9.47 Å². The van der Waals surface area contributed by atoms with Crippen LogP contribution < -0.4 is 20.5 Å². The van der Waals surface area contributed by atoms with E-state index in [0.29, 0.717) is 22.5 Å². The highest BCUT2D eigenvalue weighted by molar-refractivity contribution is 5.93. The fraction of sp³-hybridized carbons (Fsp3) is 0.125. The number of fused-ring (bicyclic) bond motifs is 1. The van der Waals surface area contributed by atoms with E-state index in [2.05, 4.69) is 15.3 Å². The second-order valence-corrected chi connectivity index (χ2v) is 4.85. The van der Waals surface area contributed by atoms with Crippen LogP contribution in [0, 0.1) is 0 Å². The Morgan fingerprint density at radius 3 is 2.48 bits per heavy atom. The van der Waals surface area contributed by atoms with Crippen molar-refractivity contribution in [2.75, 3.05) is 19.0 Å². The Labute approximate surface area is 131 Å². The topological polar surface area (TPSA) is 96.2 Å². The maximum Gasteiger partial charge on any atom is 0.323 e. The minimum absolute atomic E-state index is 0.117. The van der Waals surface area contributed by atoms with Crippen molar-refractivity contribution in [3.63, 3.8) is 0 Å². The highest BCUT2D eigenvalue weighted by atomic mass is 16.5. The van der Waals surface area contributed by atoms with Crippen LogP contribution in [0.1, 0.15) is 0 Å². The van der Waals surface area contributed by atoms with Crippen LogP contribution in [0.5, 0.6) is 11.5 Å². The van der Waals surface area contributed by atoms with E-state index in [-0.39, 0.29) is 18.2 Å². The highest BCUT2D eigenvalue weighted by Crippen LogP contribution is 2.17. The quantitative estimate of drug-likeness (QED) is 0.670. The molecule has 0 radical (unpaired) electrons. The van der Waals surface area contributed by atoms with Crippen LogP contribution in [-0.4, -0.2) is 29.6 Å². The zero-order valence-corrected chi connectivity index (χ0v) is 12.4. The molecule has 3 rings (SSSR count). The van der Waals surface area contributed by atoms with E-state index in [0.717, 1.165) is 5.75 Å². The summed E-state index contributed by atoms with van der Waals surface area (Å²) in [5.41, 5.74) is 1.61. The number of hydrogen-bond donors (Lipinski definition) is 3. The number of benzene rings is 2. The Balaban J connectivity index is 1.60. The van der Waals surface area contributed by atoms with Gasteiger partial charge in [0.15, 0.2) is 6.61 Å². The fourth-order valence-corrected chi connectivity index (χ4v) is 2.13. The van der Waals surface area contributed by atoms with Crippen LogP contribution in [0.15, 0.2) is 47.3 Å². The van der Waals surface area contributed by atoms with Gasteiger partial charge in [-0.1, -0.05) is 0 Å². The molecule has 0 aliphatic carbocycles. The second kappa shape index (κ2) is 6.27. The van der Waals surface area contributed by atoms with E-state index in [1.54, 1.807) is 49.6 Å². The van der Waals surface area contributed by atoms with Crippen molar-refractivity contribution in [2.45, 2.75) is 0 Å². The Hall–Kier alpha value is -3.22. The van der Waals surface area contributed by atoms with E-state index in [9.17, 15) is 9.59 Å². The summed E-state index contributed by atoms with van der Waals surface area (Å²) in [6.45, 7) is -0.117. The van der Waals surface area contributed by atoms with Gasteiger partial charge in [0, 0.05) is 5.69 Å². The molecule has 3 aromatic rings. The van der Waals surface area contributed by atoms with Gasteiger partial charge < -0.3 is 24.8 Å². The van der Waals surface area contributed by atoms with Crippen molar-refractivity contribution < 1.29 is 14.3 Å². The first-order valence-electron chi connectivity index (χ1n) is 6.93. The maximum atomic E-state index is 11.9. The summed E-state index contributed by atoms with van der Waals surface area (Å²) < 4.78 is 10.4. The molecule has 1 amide bonds. The van der Waals surface area contributed by atoms with E-state index >= 15 is 0 Å². The lowest BCUT2D eigenvalue weighted by atomic mass is 10.3. The standard InChI is InChI=1S/C16H15N3O4/c1-22-11-3-5-12(6-4-11)23-9-15(20)17-10-2-7-13-14(8-10)19-16(21)18-13/h2-8H,9H2,1H3,(H,17,20)(H2,18,19,21). The van der Waals surface area contributed by atoms with Gasteiger partial charge in [-0.05, 0) is 42.5 Å². The molecule has 0 saturated carbocycles. The molecular formula is C16H15N3O4. The molecular weight excluding hydrogens is 298 g/mol. The van der Waals surface area contributed by atoms with Gasteiger partial charge in [-0.15, -0.1) is 0 Å². The number of nitrogens with one attached hydrogen (secondary N) is 3. The van der Waals surface area contributed by atoms with Crippen molar-refractivity contribution >= 4 is 22.6 Å². The molecule has 0 atom stereocenters. The SMILES string of the molecule is COc1ccc(OCC(=O)Nc2ccc3[nH]c(=O)[nH]c3c2)cc1. The summed E-state index contributed by atoms with van der Waals surface area (Å²) in [6.07, 6.45) is 0. The minimum Gasteiger partial charge on any atom is -0.497 e. The molecule has 0 spiro atoms. The van der Waals surface area contributed by atoms with Gasteiger partial charge in [0.25, 0.3) is 5.91 Å². The first kappa shape index (κ1) is 14.7. The smallest absolute Gasteiger partial charge is 0.323 e. The largest absolute Gasteiger partial charge is 0.497 e. The number of H-pyrrole nitrogens is 2. The number of methoxy groups -OCH3 is 1. The Morgan fingerprint density at radius 1 is 1.04 bits per heavy atom. The molecule has 118 valence electrons. The van der Waals surface area contributed by atoms with Gasteiger partial charge in [0.1, 0.15) is 11.5 Å². The lowest BCUT2D eigenvalue weighted by Gasteiger charge is -2.08. The van der Waals surface area contributed by atoms with Crippen LogP contribution in [0.3, 0.4) is 0 Å². The van der Waals surface area contributed by atoms with Crippen molar-refractivity contribution in [1.29, 1.82) is 0 Å². The summed E-state index contributed by atoms with van der Waals surface area (Å²) in [4.78, 5) is 28.4. The van der Waals surface area contributed by atoms with E-state index in [1.165, 1.54) is 0 Å². The van der Waals surface area contributed by atoms with Gasteiger partial charge in [0.05, 0.1) is 18.1 Å². The second-order valence-electron chi connectivity index (χ2n) is 4.85. The van der Waals surface area contributed by atoms with Crippen molar-refractivity contribution in [3.8, 4) is 11.5 Å². The molecule has 0 aliphatic heterocycles. The predicted molar refractivity (Wildman–Crippen MR) is 86.0 cm³/mol. The Bertz CT molecular complexity index is 880. The highest BCUT2D eigenvalue weighted by Gasteiger charge is 2.06. The molecule has 2 aromatic carbocycles. The zero-order valence-electron chi connectivity index (χ0n) is 12.4. The molecule has 0 saturated heterocycles. The third kappa shape index (κ3) is 3.52. The summed E-state index contributed by atoms with van der Waals surface area (Å²) >= 11 is 0. The Morgan fingerprint density at radius 2 is 1.74 bits per heavy atom. The van der Waals surface area contributed by atoms with Crippen LogP contribution >= 0.6 is 0 Å². The van der Waals surface area contributed by atoms with Crippen molar-refractivity contribution in [3.05, 3.63) is 52.9 Å². The maximum absolute atomic E-state index is 11.9. The van der Waals surface area contributed by atoms with Crippen LogP contribution in [0.25, 0.3) is 11.0 Å². The number of imidazole rings is 1. The number of aromatic nitrogens is 2. The van der Waals surface area contributed by atoms with Gasteiger partial charge >= 0.3 is 5.69 Å². The molecule has 23 heavy (non-hydrogen) atoms. The third-order valence-corrected chi connectivity index (χ3v) is 3.23. The number of ether oxygens (including phenoxy) is 2. The molecule has 7 nitrogen and oxygen atoms in total. The molecule has 0 bridgehead atoms. The normalized spacial score (nSPS) is 10.5. The zero-order chi connectivity index (χ0) is 16.2. The summed E-state index contributed by atoms with van der Waals surface area (Å²) in [5.74, 6) is 1.00. The first-order valence-corrected chi connectivity index (χ1v) is 6.93. The molecule has 0 fully saturated rings. The third-order valence-electron chi connectivity index (χ3n) is 3.23.